The van der Waals surface area contributed by atoms with Crippen molar-refractivity contribution in [1.29, 1.82) is 0 Å². The molecular weight excluding hydrogens is 270 g/mol. The molecule has 2 heteroatoms. The molecule has 1 aliphatic rings. The third-order valence-electron chi connectivity index (χ3n) is 4.63. The van der Waals surface area contributed by atoms with Crippen molar-refractivity contribution in [2.24, 2.45) is 0 Å². The summed E-state index contributed by atoms with van der Waals surface area (Å²) < 4.78 is 0. The van der Waals surface area contributed by atoms with Gasteiger partial charge in [0.2, 0.25) is 0 Å². The third-order valence-corrected chi connectivity index (χ3v) is 4.63. The van der Waals surface area contributed by atoms with Gasteiger partial charge < -0.3 is 10.0 Å². The molecule has 1 aliphatic heterocycles. The Hall–Kier alpha value is -1.80. The van der Waals surface area contributed by atoms with E-state index >= 15 is 0 Å². The number of likely N-dealkylation sites (tertiary alicyclic amines) is 1. The molecule has 22 heavy (non-hydrogen) atoms. The van der Waals surface area contributed by atoms with E-state index in [2.05, 4.69) is 41.3 Å². The molecule has 2 aromatic rings. The fourth-order valence-corrected chi connectivity index (χ4v) is 3.46. The number of benzene rings is 2. The molecule has 116 valence electrons. The first-order chi connectivity index (χ1) is 10.8. The van der Waals surface area contributed by atoms with Crippen molar-refractivity contribution >= 4 is 0 Å². The van der Waals surface area contributed by atoms with Crippen LogP contribution in [-0.2, 0) is 6.42 Å². The molecular formula is C20H25NO. The molecule has 1 unspecified atom stereocenters. The monoisotopic (exact) mass is 295 g/mol. The van der Waals surface area contributed by atoms with Crippen molar-refractivity contribution in [1.82, 2.24) is 4.90 Å². The Kier molecular flexibility index (Phi) is 5.12. The smallest absolute Gasteiger partial charge is 0.115 e. The van der Waals surface area contributed by atoms with Crippen molar-refractivity contribution in [3.05, 3.63) is 65.7 Å². The van der Waals surface area contributed by atoms with Crippen LogP contribution >= 0.6 is 0 Å². The van der Waals surface area contributed by atoms with Crippen LogP contribution in [0.3, 0.4) is 0 Å². The second-order valence-electron chi connectivity index (χ2n) is 6.32. The Labute approximate surface area is 133 Å². The first-order valence-corrected chi connectivity index (χ1v) is 8.36. The summed E-state index contributed by atoms with van der Waals surface area (Å²) in [4.78, 5) is 2.58. The molecule has 3 rings (SSSR count). The summed E-state index contributed by atoms with van der Waals surface area (Å²) in [5.41, 5.74) is 2.72. The number of hydrogen-bond acceptors (Lipinski definition) is 2. The number of piperidine rings is 1. The molecule has 0 radical (unpaired) electrons. The number of rotatable bonds is 5. The number of aryl methyl sites for hydroxylation is 1. The number of aromatic hydroxyl groups is 1. The lowest BCUT2D eigenvalue weighted by Gasteiger charge is -2.33. The van der Waals surface area contributed by atoms with Crippen molar-refractivity contribution in [2.75, 3.05) is 19.6 Å². The predicted molar refractivity (Wildman–Crippen MR) is 91.3 cm³/mol. The number of phenolic OH excluding ortho intramolecular Hbond substituents is 1. The van der Waals surface area contributed by atoms with Crippen LogP contribution in [0.4, 0.5) is 0 Å². The topological polar surface area (TPSA) is 23.5 Å². The minimum atomic E-state index is 0.388. The minimum Gasteiger partial charge on any atom is -0.508 e. The lowest BCUT2D eigenvalue weighted by atomic mass is 9.90. The van der Waals surface area contributed by atoms with Gasteiger partial charge in [0.05, 0.1) is 0 Å². The fourth-order valence-electron chi connectivity index (χ4n) is 3.46. The van der Waals surface area contributed by atoms with Crippen LogP contribution in [0.2, 0.25) is 0 Å². The zero-order valence-corrected chi connectivity index (χ0v) is 13.1. The quantitative estimate of drug-likeness (QED) is 0.893. The second-order valence-corrected chi connectivity index (χ2v) is 6.32. The van der Waals surface area contributed by atoms with Gasteiger partial charge in [0.1, 0.15) is 5.75 Å². The largest absolute Gasteiger partial charge is 0.508 e. The Morgan fingerprint density at radius 2 is 1.91 bits per heavy atom. The third kappa shape index (κ3) is 4.11. The zero-order valence-electron chi connectivity index (χ0n) is 13.1. The van der Waals surface area contributed by atoms with Crippen LogP contribution in [0.1, 0.15) is 36.3 Å². The number of hydrogen-bond donors (Lipinski definition) is 1. The van der Waals surface area contributed by atoms with Gasteiger partial charge in [-0.2, -0.15) is 0 Å². The van der Waals surface area contributed by atoms with Crippen LogP contribution in [0, 0.1) is 0 Å². The van der Waals surface area contributed by atoms with E-state index in [4.69, 9.17) is 0 Å². The van der Waals surface area contributed by atoms with E-state index in [0.29, 0.717) is 11.7 Å². The van der Waals surface area contributed by atoms with E-state index in [1.165, 1.54) is 43.5 Å². The first-order valence-electron chi connectivity index (χ1n) is 8.36. The standard InChI is InChI=1S/C20H25NO/c22-20-12-4-10-18(15-20)19-11-6-14-21(16-19)13-5-9-17-7-2-1-3-8-17/h1-4,7-8,10,12,15,19,22H,5-6,9,11,13-14,16H2. The highest BCUT2D eigenvalue weighted by molar-refractivity contribution is 5.30. The van der Waals surface area contributed by atoms with Gasteiger partial charge in [-0.25, -0.2) is 0 Å². The minimum absolute atomic E-state index is 0.388. The Bertz CT molecular complexity index is 581. The maximum Gasteiger partial charge on any atom is 0.115 e. The summed E-state index contributed by atoms with van der Waals surface area (Å²) >= 11 is 0. The average Bonchev–Trinajstić information content (AvgIpc) is 2.56. The summed E-state index contributed by atoms with van der Waals surface area (Å²) in [5, 5.41) is 9.66. The highest BCUT2D eigenvalue weighted by atomic mass is 16.3. The van der Waals surface area contributed by atoms with Gasteiger partial charge in [-0.1, -0.05) is 42.5 Å². The van der Waals surface area contributed by atoms with Crippen molar-refractivity contribution in [3.63, 3.8) is 0 Å². The highest BCUT2D eigenvalue weighted by Crippen LogP contribution is 2.28. The van der Waals surface area contributed by atoms with Crippen molar-refractivity contribution in [2.45, 2.75) is 31.6 Å². The van der Waals surface area contributed by atoms with Gasteiger partial charge in [0, 0.05) is 6.54 Å². The lowest BCUT2D eigenvalue weighted by Crippen LogP contribution is -2.35. The van der Waals surface area contributed by atoms with Gasteiger partial charge in [0.15, 0.2) is 0 Å². The molecule has 1 fully saturated rings. The normalized spacial score (nSPS) is 19.2. The van der Waals surface area contributed by atoms with Crippen molar-refractivity contribution in [3.8, 4) is 5.75 Å². The average molecular weight is 295 g/mol. The summed E-state index contributed by atoms with van der Waals surface area (Å²) in [6, 6.07) is 18.5. The van der Waals surface area contributed by atoms with E-state index in [1.807, 2.05) is 12.1 Å². The van der Waals surface area contributed by atoms with Crippen LogP contribution < -0.4 is 0 Å². The van der Waals surface area contributed by atoms with E-state index in [0.717, 1.165) is 13.0 Å². The summed E-state index contributed by atoms with van der Waals surface area (Å²) in [6.45, 7) is 3.51. The van der Waals surface area contributed by atoms with Crippen molar-refractivity contribution < 1.29 is 5.11 Å². The number of nitrogens with zero attached hydrogens (tertiary/aromatic N) is 1. The van der Waals surface area contributed by atoms with E-state index in [1.54, 1.807) is 6.07 Å². The van der Waals surface area contributed by atoms with Crippen LogP contribution in [0.25, 0.3) is 0 Å². The summed E-state index contributed by atoms with van der Waals surface area (Å²) in [5.74, 6) is 0.955. The fraction of sp³-hybridized carbons (Fsp3) is 0.400. The van der Waals surface area contributed by atoms with E-state index in [9.17, 15) is 5.11 Å². The molecule has 0 aliphatic carbocycles. The second kappa shape index (κ2) is 7.46. The summed E-state index contributed by atoms with van der Waals surface area (Å²) in [6.07, 6.45) is 4.87. The molecule has 0 bridgehead atoms. The maximum absolute atomic E-state index is 9.66. The molecule has 0 amide bonds. The van der Waals surface area contributed by atoms with Gasteiger partial charge in [-0.3, -0.25) is 0 Å². The molecule has 2 aromatic carbocycles. The molecule has 0 saturated carbocycles. The molecule has 0 aromatic heterocycles. The maximum atomic E-state index is 9.66. The van der Waals surface area contributed by atoms with Crippen LogP contribution in [0.15, 0.2) is 54.6 Å². The molecule has 1 heterocycles. The molecule has 1 saturated heterocycles. The summed E-state index contributed by atoms with van der Waals surface area (Å²) in [7, 11) is 0. The Morgan fingerprint density at radius 1 is 1.05 bits per heavy atom. The first kappa shape index (κ1) is 15.1. The van der Waals surface area contributed by atoms with Gasteiger partial charge in [-0.15, -0.1) is 0 Å². The van der Waals surface area contributed by atoms with E-state index in [-0.39, 0.29) is 0 Å². The molecule has 1 N–H and O–H groups in total. The van der Waals surface area contributed by atoms with Crippen LogP contribution in [-0.4, -0.2) is 29.6 Å². The lowest BCUT2D eigenvalue weighted by molar-refractivity contribution is 0.206. The van der Waals surface area contributed by atoms with Crippen LogP contribution in [0.5, 0.6) is 5.75 Å². The Balaban J connectivity index is 1.50. The molecule has 0 spiro atoms. The van der Waals surface area contributed by atoms with Gasteiger partial charge in [-0.05, 0) is 68.0 Å². The highest BCUT2D eigenvalue weighted by Gasteiger charge is 2.21. The number of phenols is 1. The predicted octanol–water partition coefficient (Wildman–Crippen LogP) is 4.20. The SMILES string of the molecule is Oc1cccc(C2CCCN(CCCc3ccccc3)C2)c1. The van der Waals surface area contributed by atoms with E-state index < -0.39 is 0 Å². The zero-order chi connectivity index (χ0) is 15.2. The Morgan fingerprint density at radius 3 is 2.73 bits per heavy atom. The van der Waals surface area contributed by atoms with Gasteiger partial charge in [0.25, 0.3) is 0 Å². The molecule has 1 atom stereocenters. The molecule has 2 nitrogen and oxygen atoms in total. The van der Waals surface area contributed by atoms with Gasteiger partial charge >= 0.3 is 0 Å².